The van der Waals surface area contributed by atoms with Crippen LogP contribution < -0.4 is 15.1 Å². The van der Waals surface area contributed by atoms with Crippen molar-refractivity contribution in [3.05, 3.63) is 57.1 Å². The van der Waals surface area contributed by atoms with E-state index in [4.69, 9.17) is 4.74 Å². The van der Waals surface area contributed by atoms with Crippen molar-refractivity contribution in [2.75, 3.05) is 19.1 Å². The fourth-order valence-corrected chi connectivity index (χ4v) is 4.31. The van der Waals surface area contributed by atoms with E-state index in [1.807, 2.05) is 6.07 Å². The average Bonchev–Trinajstić information content (AvgIpc) is 2.66. The zero-order valence-corrected chi connectivity index (χ0v) is 19.4. The maximum absolute atomic E-state index is 12.5. The summed E-state index contributed by atoms with van der Waals surface area (Å²) in [6.45, 7) is 8.90. The van der Waals surface area contributed by atoms with Gasteiger partial charge in [-0.25, -0.2) is 5.43 Å². The minimum Gasteiger partial charge on any atom is -0.496 e. The van der Waals surface area contributed by atoms with E-state index in [1.54, 1.807) is 25.5 Å². The number of fused-ring (bicyclic) bond motifs is 1. The van der Waals surface area contributed by atoms with Crippen molar-refractivity contribution in [2.24, 2.45) is 5.10 Å². The average molecular weight is 458 g/mol. The Kier molecular flexibility index (Phi) is 6.03. The second kappa shape index (κ2) is 8.19. The number of amides is 1. The van der Waals surface area contributed by atoms with E-state index in [0.29, 0.717) is 17.2 Å². The molecule has 1 atom stereocenters. The molecule has 1 amide bonds. The first-order chi connectivity index (χ1) is 13.6. The van der Waals surface area contributed by atoms with Crippen LogP contribution in [0.5, 0.6) is 5.75 Å². The molecule has 1 aliphatic rings. The van der Waals surface area contributed by atoms with Crippen LogP contribution in [0.4, 0.5) is 5.69 Å². The number of hydrogen-bond acceptors (Lipinski definition) is 4. The predicted octanol–water partition coefficient (Wildman–Crippen LogP) is 5.25. The van der Waals surface area contributed by atoms with Crippen LogP contribution in [-0.2, 0) is 0 Å². The molecule has 0 saturated heterocycles. The number of carbonyl (C=O) groups is 1. The lowest BCUT2D eigenvalue weighted by Crippen LogP contribution is -2.45. The van der Waals surface area contributed by atoms with Gasteiger partial charge in [-0.05, 0) is 80.1 Å². The molecule has 6 heteroatoms. The van der Waals surface area contributed by atoms with E-state index in [1.165, 1.54) is 11.3 Å². The lowest BCUT2D eigenvalue weighted by molar-refractivity contribution is 0.0952. The lowest BCUT2D eigenvalue weighted by atomic mass is 9.79. The number of anilines is 1. The van der Waals surface area contributed by atoms with Crippen molar-refractivity contribution in [3.8, 4) is 5.75 Å². The summed E-state index contributed by atoms with van der Waals surface area (Å²) < 4.78 is 6.07. The van der Waals surface area contributed by atoms with Gasteiger partial charge in [-0.3, -0.25) is 4.79 Å². The Bertz CT molecular complexity index is 969. The van der Waals surface area contributed by atoms with Gasteiger partial charge in [0.25, 0.3) is 5.91 Å². The summed E-state index contributed by atoms with van der Waals surface area (Å²) in [5.41, 5.74) is 7.89. The Morgan fingerprint density at radius 3 is 2.76 bits per heavy atom. The molecule has 0 fully saturated rings. The Morgan fingerprint density at radius 1 is 1.34 bits per heavy atom. The van der Waals surface area contributed by atoms with Crippen molar-refractivity contribution in [1.29, 1.82) is 0 Å². The highest BCUT2D eigenvalue weighted by Crippen LogP contribution is 2.43. The van der Waals surface area contributed by atoms with Crippen LogP contribution >= 0.6 is 15.9 Å². The number of nitrogens with zero attached hydrogens (tertiary/aromatic N) is 2. The summed E-state index contributed by atoms with van der Waals surface area (Å²) >= 11 is 3.38. The molecular formula is C23H28BrN3O2. The van der Waals surface area contributed by atoms with Gasteiger partial charge in [0.1, 0.15) is 5.75 Å². The first-order valence-corrected chi connectivity index (χ1v) is 10.5. The molecule has 29 heavy (non-hydrogen) atoms. The molecule has 0 radical (unpaired) electrons. The van der Waals surface area contributed by atoms with Gasteiger partial charge >= 0.3 is 0 Å². The molecule has 154 valence electrons. The van der Waals surface area contributed by atoms with Crippen molar-refractivity contribution in [3.63, 3.8) is 0 Å². The summed E-state index contributed by atoms with van der Waals surface area (Å²) in [5.74, 6) is 0.652. The smallest absolute Gasteiger partial charge is 0.275 e. The van der Waals surface area contributed by atoms with E-state index in [9.17, 15) is 4.79 Å². The highest BCUT2D eigenvalue weighted by Gasteiger charge is 2.34. The largest absolute Gasteiger partial charge is 0.496 e. The van der Waals surface area contributed by atoms with E-state index in [0.717, 1.165) is 22.0 Å². The van der Waals surface area contributed by atoms with Crippen molar-refractivity contribution >= 4 is 33.7 Å². The third-order valence-corrected chi connectivity index (χ3v) is 6.29. The van der Waals surface area contributed by atoms with Gasteiger partial charge in [0.15, 0.2) is 0 Å². The zero-order chi connectivity index (χ0) is 21.3. The number of halogens is 1. The van der Waals surface area contributed by atoms with Gasteiger partial charge in [0.2, 0.25) is 0 Å². The number of rotatable bonds is 4. The molecule has 1 heterocycles. The number of carbonyl (C=O) groups excluding carboxylic acids is 1. The monoisotopic (exact) mass is 457 g/mol. The SMILES string of the molecule is COc1ccc(Br)cc1C(=O)N/N=C\c1cc2c(cc1C)N(C)C(C)(C)C[C@H]2C. The van der Waals surface area contributed by atoms with Crippen molar-refractivity contribution in [1.82, 2.24) is 5.43 Å². The number of hydrogen-bond donors (Lipinski definition) is 1. The number of nitrogens with one attached hydrogen (secondary N) is 1. The highest BCUT2D eigenvalue weighted by molar-refractivity contribution is 9.10. The molecule has 0 aromatic heterocycles. The fourth-order valence-electron chi connectivity index (χ4n) is 3.95. The summed E-state index contributed by atoms with van der Waals surface area (Å²) in [7, 11) is 3.70. The topological polar surface area (TPSA) is 53.9 Å². The molecule has 0 saturated carbocycles. The van der Waals surface area contributed by atoms with Gasteiger partial charge in [-0.2, -0.15) is 5.10 Å². The van der Waals surface area contributed by atoms with Crippen molar-refractivity contribution in [2.45, 2.75) is 45.6 Å². The van der Waals surface area contributed by atoms with E-state index >= 15 is 0 Å². The van der Waals surface area contributed by atoms with Crippen LogP contribution in [0.1, 0.15) is 60.2 Å². The van der Waals surface area contributed by atoms with Crippen LogP contribution in [0, 0.1) is 6.92 Å². The maximum atomic E-state index is 12.5. The first-order valence-electron chi connectivity index (χ1n) is 9.69. The number of methoxy groups -OCH3 is 1. The molecule has 1 aliphatic heterocycles. The minimum atomic E-state index is -0.315. The molecule has 1 N–H and O–H groups in total. The summed E-state index contributed by atoms with van der Waals surface area (Å²) in [4.78, 5) is 14.9. The standard InChI is InChI=1S/C23H28BrN3O2/c1-14-9-20-18(15(2)12-23(3,4)27(20)5)10-16(14)13-25-26-22(28)19-11-17(24)7-8-21(19)29-6/h7-11,13,15H,12H2,1-6H3,(H,26,28)/b25-13-/t15-/m1/s1. The molecule has 3 rings (SSSR count). The normalized spacial score (nSPS) is 17.9. The third kappa shape index (κ3) is 4.32. The summed E-state index contributed by atoms with van der Waals surface area (Å²) in [6, 6.07) is 9.70. The predicted molar refractivity (Wildman–Crippen MR) is 122 cm³/mol. The van der Waals surface area contributed by atoms with Crippen LogP contribution in [-0.4, -0.2) is 31.8 Å². The molecule has 5 nitrogen and oxygen atoms in total. The molecule has 2 aromatic carbocycles. The van der Waals surface area contributed by atoms with E-state index < -0.39 is 0 Å². The summed E-state index contributed by atoms with van der Waals surface area (Å²) in [6.07, 6.45) is 2.81. The zero-order valence-electron chi connectivity index (χ0n) is 17.8. The van der Waals surface area contributed by atoms with Gasteiger partial charge in [0.05, 0.1) is 18.9 Å². The molecule has 0 unspecified atom stereocenters. The number of benzene rings is 2. The number of ether oxygens (including phenoxy) is 1. The second-order valence-electron chi connectivity index (χ2n) is 8.29. The summed E-state index contributed by atoms with van der Waals surface area (Å²) in [5, 5.41) is 4.20. The Hall–Kier alpha value is -2.34. The van der Waals surface area contributed by atoms with Gasteiger partial charge < -0.3 is 9.64 Å². The molecule has 0 spiro atoms. The van der Waals surface area contributed by atoms with Gasteiger partial charge in [-0.1, -0.05) is 22.9 Å². The van der Waals surface area contributed by atoms with E-state index in [2.05, 4.69) is 78.2 Å². The third-order valence-electron chi connectivity index (χ3n) is 5.80. The minimum absolute atomic E-state index is 0.130. The molecule has 0 aliphatic carbocycles. The first kappa shape index (κ1) is 21.4. The fraction of sp³-hybridized carbons (Fsp3) is 0.391. The van der Waals surface area contributed by atoms with Gasteiger partial charge in [0, 0.05) is 22.7 Å². The molecular weight excluding hydrogens is 430 g/mol. The molecule has 0 bridgehead atoms. The number of aryl methyl sites for hydroxylation is 1. The van der Waals surface area contributed by atoms with Crippen LogP contribution in [0.25, 0.3) is 0 Å². The molecule has 2 aromatic rings. The Balaban J connectivity index is 1.83. The Morgan fingerprint density at radius 2 is 2.07 bits per heavy atom. The second-order valence-corrected chi connectivity index (χ2v) is 9.20. The number of hydrazone groups is 1. The van der Waals surface area contributed by atoms with Crippen LogP contribution in [0.2, 0.25) is 0 Å². The van der Waals surface area contributed by atoms with E-state index in [-0.39, 0.29) is 11.4 Å². The lowest BCUT2D eigenvalue weighted by Gasteiger charge is -2.45. The van der Waals surface area contributed by atoms with Gasteiger partial charge in [-0.15, -0.1) is 0 Å². The Labute approximate surface area is 181 Å². The maximum Gasteiger partial charge on any atom is 0.275 e. The van der Waals surface area contributed by atoms with Crippen LogP contribution in [0.15, 0.2) is 39.9 Å². The quantitative estimate of drug-likeness (QED) is 0.503. The highest BCUT2D eigenvalue weighted by atomic mass is 79.9. The van der Waals surface area contributed by atoms with Crippen molar-refractivity contribution < 1.29 is 9.53 Å². The van der Waals surface area contributed by atoms with Crippen LogP contribution in [0.3, 0.4) is 0 Å².